The molecule has 3 rings (SSSR count). The maximum Gasteiger partial charge on any atom is 0.263 e. The number of aryl methyl sites for hydroxylation is 1. The van der Waals surface area contributed by atoms with Crippen LogP contribution in [0.5, 0.6) is 0 Å². The largest absolute Gasteiger partial charge is 0.361 e. The standard InChI is InChI=1S/C18H25N5O2S/c1-12(2)11-22-7-8-23(18(22)25)17-21-13(3)15(26-17)16(24)20-10-14-5-4-6-19-9-14/h4-6,9,12,18,25H,7-8,10-11H2,1-3H3,(H,20,24). The van der Waals surface area contributed by atoms with Crippen LogP contribution in [0.4, 0.5) is 5.13 Å². The SMILES string of the molecule is Cc1nc(N2CCN(CC(C)C)C2O)sc1C(=O)NCc1cccnc1. The summed E-state index contributed by atoms with van der Waals surface area (Å²) in [4.78, 5) is 25.5. The van der Waals surface area contributed by atoms with Gasteiger partial charge in [0.05, 0.1) is 5.69 Å². The highest BCUT2D eigenvalue weighted by atomic mass is 32.1. The maximum absolute atomic E-state index is 12.5. The number of rotatable bonds is 6. The highest BCUT2D eigenvalue weighted by molar-refractivity contribution is 7.17. The van der Waals surface area contributed by atoms with Gasteiger partial charge >= 0.3 is 0 Å². The van der Waals surface area contributed by atoms with E-state index in [0.29, 0.717) is 34.7 Å². The van der Waals surface area contributed by atoms with Crippen molar-refractivity contribution in [3.05, 3.63) is 40.7 Å². The summed E-state index contributed by atoms with van der Waals surface area (Å²) in [7, 11) is 0. The number of pyridine rings is 1. The Morgan fingerprint density at radius 2 is 2.27 bits per heavy atom. The number of aromatic nitrogens is 2. The minimum Gasteiger partial charge on any atom is -0.361 e. The molecule has 8 heteroatoms. The first-order valence-corrected chi connectivity index (χ1v) is 9.60. The summed E-state index contributed by atoms with van der Waals surface area (Å²) in [6.07, 6.45) is 2.75. The summed E-state index contributed by atoms with van der Waals surface area (Å²) in [6.45, 7) is 8.85. The zero-order valence-corrected chi connectivity index (χ0v) is 16.2. The van der Waals surface area contributed by atoms with Crippen LogP contribution in [0.3, 0.4) is 0 Å². The van der Waals surface area contributed by atoms with Crippen molar-refractivity contribution in [3.8, 4) is 0 Å². The van der Waals surface area contributed by atoms with E-state index >= 15 is 0 Å². The van der Waals surface area contributed by atoms with Crippen molar-refractivity contribution in [1.29, 1.82) is 0 Å². The molecule has 2 N–H and O–H groups in total. The fourth-order valence-electron chi connectivity index (χ4n) is 2.99. The van der Waals surface area contributed by atoms with E-state index in [-0.39, 0.29) is 5.91 Å². The summed E-state index contributed by atoms with van der Waals surface area (Å²) < 4.78 is 0. The third-order valence-corrected chi connectivity index (χ3v) is 5.44. The number of anilines is 1. The molecule has 2 aromatic heterocycles. The fraction of sp³-hybridized carbons (Fsp3) is 0.500. The molecule has 1 atom stereocenters. The van der Waals surface area contributed by atoms with Gasteiger partial charge in [-0.25, -0.2) is 4.98 Å². The number of carbonyl (C=O) groups is 1. The number of amides is 1. The predicted molar refractivity (Wildman–Crippen MR) is 102 cm³/mol. The van der Waals surface area contributed by atoms with Crippen molar-refractivity contribution in [2.45, 2.75) is 33.7 Å². The molecule has 0 spiro atoms. The number of thiazole rings is 1. The quantitative estimate of drug-likeness (QED) is 0.802. The van der Waals surface area contributed by atoms with Crippen molar-refractivity contribution in [2.75, 3.05) is 24.5 Å². The molecule has 1 fully saturated rings. The van der Waals surface area contributed by atoms with Crippen LogP contribution >= 0.6 is 11.3 Å². The van der Waals surface area contributed by atoms with E-state index in [1.165, 1.54) is 11.3 Å². The number of nitrogens with one attached hydrogen (secondary N) is 1. The van der Waals surface area contributed by atoms with Crippen molar-refractivity contribution in [1.82, 2.24) is 20.2 Å². The molecular formula is C18H25N5O2S. The van der Waals surface area contributed by atoms with E-state index in [4.69, 9.17) is 0 Å². The number of hydrogen-bond acceptors (Lipinski definition) is 7. The minimum absolute atomic E-state index is 0.150. The Morgan fingerprint density at radius 1 is 1.46 bits per heavy atom. The molecule has 140 valence electrons. The Kier molecular flexibility index (Phi) is 5.85. The summed E-state index contributed by atoms with van der Waals surface area (Å²) in [5, 5.41) is 14.1. The highest BCUT2D eigenvalue weighted by Crippen LogP contribution is 2.30. The van der Waals surface area contributed by atoms with E-state index in [0.717, 1.165) is 18.7 Å². The van der Waals surface area contributed by atoms with Crippen molar-refractivity contribution < 1.29 is 9.90 Å². The van der Waals surface area contributed by atoms with Crippen LogP contribution in [0.1, 0.15) is 34.8 Å². The number of hydrogen-bond donors (Lipinski definition) is 2. The Bertz CT molecular complexity index is 749. The monoisotopic (exact) mass is 375 g/mol. The van der Waals surface area contributed by atoms with Crippen LogP contribution in [0.15, 0.2) is 24.5 Å². The summed E-state index contributed by atoms with van der Waals surface area (Å²) in [6, 6.07) is 3.76. The van der Waals surface area contributed by atoms with Gasteiger partial charge < -0.3 is 15.3 Å². The van der Waals surface area contributed by atoms with Crippen molar-refractivity contribution in [2.24, 2.45) is 5.92 Å². The van der Waals surface area contributed by atoms with E-state index in [1.807, 2.05) is 28.9 Å². The van der Waals surface area contributed by atoms with Gasteiger partial charge in [-0.2, -0.15) is 0 Å². The third kappa shape index (κ3) is 4.20. The van der Waals surface area contributed by atoms with Gasteiger partial charge in [0.15, 0.2) is 11.5 Å². The molecule has 1 amide bonds. The summed E-state index contributed by atoms with van der Waals surface area (Å²) >= 11 is 1.33. The van der Waals surface area contributed by atoms with Crippen molar-refractivity contribution >= 4 is 22.4 Å². The lowest BCUT2D eigenvalue weighted by Gasteiger charge is -2.26. The molecule has 26 heavy (non-hydrogen) atoms. The summed E-state index contributed by atoms with van der Waals surface area (Å²) in [5.74, 6) is 0.333. The lowest BCUT2D eigenvalue weighted by molar-refractivity contribution is 0.0323. The highest BCUT2D eigenvalue weighted by Gasteiger charge is 2.33. The van der Waals surface area contributed by atoms with Gasteiger partial charge in [0, 0.05) is 38.6 Å². The normalized spacial score (nSPS) is 17.9. The molecule has 2 aromatic rings. The second-order valence-corrected chi connectivity index (χ2v) is 7.86. The number of carbonyl (C=O) groups excluding carboxylic acids is 1. The molecule has 3 heterocycles. The zero-order valence-electron chi connectivity index (χ0n) is 15.3. The Balaban J connectivity index is 1.66. The minimum atomic E-state index is -0.686. The molecule has 0 aliphatic carbocycles. The van der Waals surface area contributed by atoms with Gasteiger partial charge in [0.1, 0.15) is 4.88 Å². The van der Waals surface area contributed by atoms with Crippen LogP contribution in [0.25, 0.3) is 0 Å². The Morgan fingerprint density at radius 3 is 2.96 bits per heavy atom. The van der Waals surface area contributed by atoms with E-state index in [9.17, 15) is 9.90 Å². The molecule has 1 aliphatic rings. The molecule has 1 aliphatic heterocycles. The molecule has 1 saturated heterocycles. The molecular weight excluding hydrogens is 350 g/mol. The second-order valence-electron chi connectivity index (χ2n) is 6.88. The maximum atomic E-state index is 12.5. The lowest BCUT2D eigenvalue weighted by Crippen LogP contribution is -2.40. The molecule has 0 bridgehead atoms. The molecule has 7 nitrogen and oxygen atoms in total. The average molecular weight is 375 g/mol. The molecule has 0 saturated carbocycles. The van der Waals surface area contributed by atoms with Gasteiger partial charge in [-0.05, 0) is 24.5 Å². The van der Waals surface area contributed by atoms with E-state index < -0.39 is 6.35 Å². The van der Waals surface area contributed by atoms with E-state index in [1.54, 1.807) is 12.4 Å². The van der Waals surface area contributed by atoms with Gasteiger partial charge in [-0.1, -0.05) is 31.3 Å². The van der Waals surface area contributed by atoms with Crippen LogP contribution in [0.2, 0.25) is 0 Å². The smallest absolute Gasteiger partial charge is 0.263 e. The summed E-state index contributed by atoms with van der Waals surface area (Å²) in [5.41, 5.74) is 1.63. The zero-order chi connectivity index (χ0) is 18.7. The van der Waals surface area contributed by atoms with E-state index in [2.05, 4.69) is 29.1 Å². The first-order chi connectivity index (χ1) is 12.5. The second kappa shape index (κ2) is 8.11. The van der Waals surface area contributed by atoms with Gasteiger partial charge in [-0.15, -0.1) is 0 Å². The van der Waals surface area contributed by atoms with Gasteiger partial charge in [0.25, 0.3) is 5.91 Å². The topological polar surface area (TPSA) is 81.6 Å². The molecule has 0 radical (unpaired) electrons. The third-order valence-electron chi connectivity index (χ3n) is 4.25. The van der Waals surface area contributed by atoms with Gasteiger partial charge in [0.2, 0.25) is 0 Å². The Hall–Kier alpha value is -2.03. The van der Waals surface area contributed by atoms with Gasteiger partial charge in [-0.3, -0.25) is 14.7 Å². The number of aliphatic hydroxyl groups is 1. The van der Waals surface area contributed by atoms with Crippen LogP contribution in [-0.2, 0) is 6.54 Å². The lowest BCUT2D eigenvalue weighted by atomic mass is 10.2. The van der Waals surface area contributed by atoms with Crippen LogP contribution < -0.4 is 10.2 Å². The number of nitrogens with zero attached hydrogens (tertiary/aromatic N) is 4. The predicted octanol–water partition coefficient (Wildman–Crippen LogP) is 1.83. The van der Waals surface area contributed by atoms with Crippen LogP contribution in [-0.4, -0.2) is 51.9 Å². The van der Waals surface area contributed by atoms with Crippen molar-refractivity contribution in [3.63, 3.8) is 0 Å². The number of aliphatic hydroxyl groups excluding tert-OH is 1. The van der Waals surface area contributed by atoms with Crippen LogP contribution in [0, 0.1) is 12.8 Å². The average Bonchev–Trinajstić information content (AvgIpc) is 3.16. The first kappa shape index (κ1) is 18.8. The molecule has 1 unspecified atom stereocenters. The Labute approximate surface area is 157 Å². The fourth-order valence-corrected chi connectivity index (χ4v) is 4.02. The molecule has 0 aromatic carbocycles. The first-order valence-electron chi connectivity index (χ1n) is 8.79.